The van der Waals surface area contributed by atoms with Crippen LogP contribution in [-0.4, -0.2) is 22.5 Å². The Hall–Kier alpha value is -2.24. The molecule has 4 N–H and O–H groups in total. The van der Waals surface area contributed by atoms with Crippen LogP contribution >= 0.6 is 0 Å². The summed E-state index contributed by atoms with van der Waals surface area (Å²) in [6.07, 6.45) is 0. The average Bonchev–Trinajstić information content (AvgIpc) is 2.66. The molecule has 0 aliphatic carbocycles. The zero-order valence-corrected chi connectivity index (χ0v) is 11.3. The Morgan fingerprint density at radius 3 is 2.53 bits per heavy atom. The molecule has 0 aliphatic heterocycles. The van der Waals surface area contributed by atoms with E-state index in [4.69, 9.17) is 0 Å². The Bertz CT molecular complexity index is 654. The number of carbonyl (C=O) groups is 1. The van der Waals surface area contributed by atoms with E-state index in [0.717, 1.165) is 11.1 Å². The van der Waals surface area contributed by atoms with Crippen LogP contribution in [0, 0.1) is 12.8 Å². The van der Waals surface area contributed by atoms with Gasteiger partial charge < -0.3 is 20.6 Å². The molecule has 1 aromatic carbocycles. The Kier molecular flexibility index (Phi) is 3.59. The van der Waals surface area contributed by atoms with Crippen molar-refractivity contribution in [3.8, 4) is 0 Å². The molecule has 0 saturated heterocycles. The Morgan fingerprint density at radius 2 is 1.89 bits per heavy atom. The summed E-state index contributed by atoms with van der Waals surface area (Å²) in [5.41, 5.74) is 2.73. The monoisotopic (exact) mass is 262 g/mol. The number of hydrogen-bond acceptors (Lipinski definition) is 2. The first-order valence-corrected chi connectivity index (χ1v) is 6.23. The number of fused-ring (bicyclic) bond motifs is 1. The van der Waals surface area contributed by atoms with E-state index in [1.54, 1.807) is 6.07 Å². The van der Waals surface area contributed by atoms with Crippen molar-refractivity contribution in [2.45, 2.75) is 20.8 Å². The van der Waals surface area contributed by atoms with E-state index in [2.05, 4.69) is 20.6 Å². The van der Waals surface area contributed by atoms with Crippen molar-refractivity contribution < 1.29 is 4.79 Å². The number of anilines is 1. The number of aromatic amines is 2. The van der Waals surface area contributed by atoms with Crippen LogP contribution in [0.15, 0.2) is 16.9 Å². The first-order valence-electron chi connectivity index (χ1n) is 6.23. The van der Waals surface area contributed by atoms with Crippen LogP contribution in [0.4, 0.5) is 10.5 Å². The van der Waals surface area contributed by atoms with E-state index < -0.39 is 0 Å². The second-order valence-electron chi connectivity index (χ2n) is 5.02. The van der Waals surface area contributed by atoms with Gasteiger partial charge in [0.25, 0.3) is 0 Å². The lowest BCUT2D eigenvalue weighted by Crippen LogP contribution is -2.31. The molecule has 0 spiro atoms. The minimum Gasteiger partial charge on any atom is -0.338 e. The van der Waals surface area contributed by atoms with Crippen LogP contribution in [-0.2, 0) is 0 Å². The second-order valence-corrected chi connectivity index (χ2v) is 5.02. The first kappa shape index (κ1) is 13.2. The molecular formula is C13H18N4O2. The van der Waals surface area contributed by atoms with E-state index in [0.29, 0.717) is 23.7 Å². The quantitative estimate of drug-likeness (QED) is 0.681. The van der Waals surface area contributed by atoms with Crippen LogP contribution in [0.3, 0.4) is 0 Å². The van der Waals surface area contributed by atoms with Crippen molar-refractivity contribution >= 4 is 22.8 Å². The Morgan fingerprint density at radius 1 is 1.26 bits per heavy atom. The summed E-state index contributed by atoms with van der Waals surface area (Å²) in [5.74, 6) is 0.398. The van der Waals surface area contributed by atoms with Gasteiger partial charge in [0.15, 0.2) is 0 Å². The van der Waals surface area contributed by atoms with Crippen LogP contribution < -0.4 is 16.3 Å². The molecule has 102 valence electrons. The highest BCUT2D eigenvalue weighted by Crippen LogP contribution is 2.20. The Balaban J connectivity index is 2.18. The molecule has 1 heterocycles. The van der Waals surface area contributed by atoms with E-state index in [1.165, 1.54) is 0 Å². The zero-order chi connectivity index (χ0) is 14.0. The maximum absolute atomic E-state index is 11.7. The summed E-state index contributed by atoms with van der Waals surface area (Å²) in [6, 6.07) is 3.33. The van der Waals surface area contributed by atoms with Gasteiger partial charge in [-0.05, 0) is 30.5 Å². The topological polar surface area (TPSA) is 89.8 Å². The summed E-state index contributed by atoms with van der Waals surface area (Å²) >= 11 is 0. The number of hydrogen-bond donors (Lipinski definition) is 4. The van der Waals surface area contributed by atoms with Crippen LogP contribution in [0.25, 0.3) is 11.0 Å². The summed E-state index contributed by atoms with van der Waals surface area (Å²) < 4.78 is 0. The predicted molar refractivity (Wildman–Crippen MR) is 75.5 cm³/mol. The third kappa shape index (κ3) is 3.15. The molecular weight excluding hydrogens is 244 g/mol. The van der Waals surface area contributed by atoms with Gasteiger partial charge in [0.1, 0.15) is 0 Å². The van der Waals surface area contributed by atoms with Gasteiger partial charge in [-0.25, -0.2) is 9.59 Å². The molecule has 0 atom stereocenters. The van der Waals surface area contributed by atoms with Gasteiger partial charge in [-0.15, -0.1) is 0 Å². The van der Waals surface area contributed by atoms with E-state index in [1.807, 2.05) is 26.8 Å². The first-order chi connectivity index (χ1) is 8.95. The van der Waals surface area contributed by atoms with Crippen molar-refractivity contribution in [1.29, 1.82) is 0 Å². The van der Waals surface area contributed by atoms with E-state index in [9.17, 15) is 9.59 Å². The molecule has 0 fully saturated rings. The SMILES string of the molecule is Cc1cc2[nH]c(=O)[nH]c2cc1NC(=O)NCC(C)C. The van der Waals surface area contributed by atoms with Gasteiger partial charge in [-0.3, -0.25) is 0 Å². The molecule has 6 heteroatoms. The van der Waals surface area contributed by atoms with Crippen molar-refractivity contribution in [3.05, 3.63) is 28.2 Å². The van der Waals surface area contributed by atoms with Crippen LogP contribution in [0.5, 0.6) is 0 Å². The molecule has 0 unspecified atom stereocenters. The van der Waals surface area contributed by atoms with Crippen LogP contribution in [0.2, 0.25) is 0 Å². The molecule has 2 amide bonds. The summed E-state index contributed by atoms with van der Waals surface area (Å²) in [5, 5.41) is 5.56. The highest BCUT2D eigenvalue weighted by atomic mass is 16.2. The highest BCUT2D eigenvalue weighted by molar-refractivity contribution is 5.93. The maximum Gasteiger partial charge on any atom is 0.323 e. The number of carbonyl (C=O) groups excluding carboxylic acids is 1. The summed E-state index contributed by atoms with van der Waals surface area (Å²) in [7, 11) is 0. The molecule has 0 saturated carbocycles. The highest BCUT2D eigenvalue weighted by Gasteiger charge is 2.07. The van der Waals surface area contributed by atoms with Gasteiger partial charge in [-0.1, -0.05) is 13.8 Å². The molecule has 1 aromatic heterocycles. The smallest absolute Gasteiger partial charge is 0.323 e. The number of amides is 2. The fourth-order valence-corrected chi connectivity index (χ4v) is 1.79. The Labute approximate surface area is 110 Å². The van der Waals surface area contributed by atoms with Crippen molar-refractivity contribution in [2.75, 3.05) is 11.9 Å². The summed E-state index contributed by atoms with van der Waals surface area (Å²) in [6.45, 7) is 6.56. The minimum atomic E-state index is -0.254. The molecule has 0 bridgehead atoms. The number of urea groups is 1. The maximum atomic E-state index is 11.7. The number of imidazole rings is 1. The number of H-pyrrole nitrogens is 2. The van der Waals surface area contributed by atoms with Gasteiger partial charge in [0.05, 0.1) is 11.0 Å². The molecule has 2 aromatic rings. The number of rotatable bonds is 3. The van der Waals surface area contributed by atoms with Crippen molar-refractivity contribution in [3.63, 3.8) is 0 Å². The molecule has 0 aliphatic rings. The molecule has 6 nitrogen and oxygen atoms in total. The van der Waals surface area contributed by atoms with Gasteiger partial charge in [0.2, 0.25) is 0 Å². The number of aryl methyl sites for hydroxylation is 1. The summed E-state index contributed by atoms with van der Waals surface area (Å²) in [4.78, 5) is 28.3. The van der Waals surface area contributed by atoms with E-state index >= 15 is 0 Å². The lowest BCUT2D eigenvalue weighted by molar-refractivity contribution is 0.251. The largest absolute Gasteiger partial charge is 0.338 e. The van der Waals surface area contributed by atoms with Crippen molar-refractivity contribution in [1.82, 2.24) is 15.3 Å². The standard InChI is InChI=1S/C13H18N4O2/c1-7(2)6-14-12(18)15-9-5-11-10(4-8(9)3)16-13(19)17-11/h4-5,7H,6H2,1-3H3,(H2,14,15,18)(H2,16,17,19). The molecule has 0 radical (unpaired) electrons. The van der Waals surface area contributed by atoms with E-state index in [-0.39, 0.29) is 11.7 Å². The van der Waals surface area contributed by atoms with Gasteiger partial charge >= 0.3 is 11.7 Å². The average molecular weight is 262 g/mol. The van der Waals surface area contributed by atoms with Gasteiger partial charge in [0, 0.05) is 12.2 Å². The zero-order valence-electron chi connectivity index (χ0n) is 11.3. The molecule has 2 rings (SSSR count). The minimum absolute atomic E-state index is 0.242. The fourth-order valence-electron chi connectivity index (χ4n) is 1.79. The second kappa shape index (κ2) is 5.17. The van der Waals surface area contributed by atoms with Crippen molar-refractivity contribution in [2.24, 2.45) is 5.92 Å². The third-order valence-electron chi connectivity index (χ3n) is 2.78. The number of aromatic nitrogens is 2. The lowest BCUT2D eigenvalue weighted by atomic mass is 10.2. The number of benzene rings is 1. The molecule has 19 heavy (non-hydrogen) atoms. The predicted octanol–water partition coefficient (Wildman–Crippen LogP) is 1.94. The normalized spacial score (nSPS) is 10.9. The fraction of sp³-hybridized carbons (Fsp3) is 0.385. The number of nitrogens with one attached hydrogen (secondary N) is 4. The van der Waals surface area contributed by atoms with Gasteiger partial charge in [-0.2, -0.15) is 0 Å². The lowest BCUT2D eigenvalue weighted by Gasteiger charge is -2.11. The third-order valence-corrected chi connectivity index (χ3v) is 2.78. The van der Waals surface area contributed by atoms with Crippen LogP contribution in [0.1, 0.15) is 19.4 Å².